The predicted molar refractivity (Wildman–Crippen MR) is 118 cm³/mol. The van der Waals surface area contributed by atoms with Crippen molar-refractivity contribution < 1.29 is 8.90 Å². The summed E-state index contributed by atoms with van der Waals surface area (Å²) in [6, 6.07) is 12.5. The zero-order valence-corrected chi connectivity index (χ0v) is 17.5. The molecule has 2 nitrogen and oxygen atoms in total. The molecule has 1 aliphatic rings. The van der Waals surface area contributed by atoms with Crippen LogP contribution in [0.1, 0.15) is 26.2 Å². The van der Waals surface area contributed by atoms with Gasteiger partial charge in [0.2, 0.25) is 0 Å². The lowest BCUT2D eigenvalue weighted by atomic mass is 10.1. The van der Waals surface area contributed by atoms with Gasteiger partial charge < -0.3 is 8.90 Å². The third kappa shape index (κ3) is 3.91. The van der Waals surface area contributed by atoms with Crippen LogP contribution in [-0.4, -0.2) is 35.9 Å². The Morgan fingerprint density at radius 2 is 2.00 bits per heavy atom. The highest BCUT2D eigenvalue weighted by Gasteiger charge is 2.33. The molecule has 4 rings (SSSR count). The molecule has 3 aromatic rings. The maximum absolute atomic E-state index is 6.11. The standard InChI is InChI=1S/C23H27ClNOS/c1-3-11-25(12-4-2)13-5-6-19(16-25)27-18-8-10-21-20-9-7-17(24)14-22(20)26-23(21)15-18/h3,7-10,14-15,19H,1,4-6,11-13,16H2,2H3/q+1. The lowest BCUT2D eigenvalue weighted by Crippen LogP contribution is -2.55. The fourth-order valence-corrected chi connectivity index (χ4v) is 6.11. The monoisotopic (exact) mass is 400 g/mol. The Kier molecular flexibility index (Phi) is 5.54. The summed E-state index contributed by atoms with van der Waals surface area (Å²) in [7, 11) is 0. The van der Waals surface area contributed by atoms with Gasteiger partial charge in [0.25, 0.3) is 0 Å². The van der Waals surface area contributed by atoms with Gasteiger partial charge >= 0.3 is 0 Å². The first-order chi connectivity index (χ1) is 13.1. The van der Waals surface area contributed by atoms with E-state index in [9.17, 15) is 0 Å². The van der Waals surface area contributed by atoms with Crippen molar-refractivity contribution in [1.82, 2.24) is 0 Å². The number of halogens is 1. The van der Waals surface area contributed by atoms with Crippen LogP contribution in [0.3, 0.4) is 0 Å². The first-order valence-electron chi connectivity index (χ1n) is 9.87. The van der Waals surface area contributed by atoms with E-state index in [0.717, 1.165) is 28.5 Å². The zero-order valence-electron chi connectivity index (χ0n) is 15.9. The maximum Gasteiger partial charge on any atom is 0.136 e. The largest absolute Gasteiger partial charge is 0.456 e. The van der Waals surface area contributed by atoms with Crippen molar-refractivity contribution in [1.29, 1.82) is 0 Å². The minimum Gasteiger partial charge on any atom is -0.456 e. The van der Waals surface area contributed by atoms with Crippen molar-refractivity contribution in [2.75, 3.05) is 26.2 Å². The average Bonchev–Trinajstić information content (AvgIpc) is 2.98. The number of hydrogen-bond acceptors (Lipinski definition) is 2. The molecule has 0 bridgehead atoms. The Hall–Kier alpha value is -1.42. The van der Waals surface area contributed by atoms with Crippen LogP contribution in [0, 0.1) is 0 Å². The van der Waals surface area contributed by atoms with Gasteiger partial charge in [0.05, 0.1) is 31.4 Å². The summed E-state index contributed by atoms with van der Waals surface area (Å²) in [5, 5.41) is 3.66. The molecule has 2 heterocycles. The van der Waals surface area contributed by atoms with E-state index in [1.807, 2.05) is 30.0 Å². The number of nitrogens with zero attached hydrogens (tertiary/aromatic N) is 1. The van der Waals surface area contributed by atoms with Gasteiger partial charge in [-0.05, 0) is 55.7 Å². The molecular weight excluding hydrogens is 374 g/mol. The number of furan rings is 1. The van der Waals surface area contributed by atoms with E-state index in [0.29, 0.717) is 10.3 Å². The van der Waals surface area contributed by atoms with Crippen molar-refractivity contribution in [2.45, 2.75) is 36.3 Å². The van der Waals surface area contributed by atoms with Gasteiger partial charge in [0.15, 0.2) is 0 Å². The molecule has 1 aromatic heterocycles. The number of fused-ring (bicyclic) bond motifs is 3. The summed E-state index contributed by atoms with van der Waals surface area (Å²) in [6.45, 7) is 11.2. The molecule has 0 aliphatic carbocycles. The molecule has 0 radical (unpaired) electrons. The fraction of sp³-hybridized carbons (Fsp3) is 0.391. The van der Waals surface area contributed by atoms with Crippen LogP contribution < -0.4 is 0 Å². The number of benzene rings is 2. The molecular formula is C23H27ClNOS+. The van der Waals surface area contributed by atoms with E-state index in [-0.39, 0.29) is 0 Å². The van der Waals surface area contributed by atoms with Crippen molar-refractivity contribution in [3.63, 3.8) is 0 Å². The zero-order chi connectivity index (χ0) is 18.9. The molecule has 1 saturated heterocycles. The van der Waals surface area contributed by atoms with E-state index in [1.54, 1.807) is 0 Å². The highest BCUT2D eigenvalue weighted by molar-refractivity contribution is 8.00. The van der Waals surface area contributed by atoms with Crippen LogP contribution in [0.5, 0.6) is 0 Å². The molecule has 2 atom stereocenters. The number of likely N-dealkylation sites (tertiary alicyclic amines) is 1. The van der Waals surface area contributed by atoms with Crippen LogP contribution in [0.4, 0.5) is 0 Å². The molecule has 2 unspecified atom stereocenters. The molecule has 1 aliphatic heterocycles. The molecule has 0 saturated carbocycles. The minimum atomic E-state index is 0.654. The van der Waals surface area contributed by atoms with Gasteiger partial charge in [-0.15, -0.1) is 11.8 Å². The molecule has 1 fully saturated rings. The third-order valence-electron chi connectivity index (χ3n) is 5.67. The number of rotatable bonds is 6. The molecule has 0 N–H and O–H groups in total. The number of hydrogen-bond donors (Lipinski definition) is 0. The summed E-state index contributed by atoms with van der Waals surface area (Å²) in [6.07, 6.45) is 5.93. The quantitative estimate of drug-likeness (QED) is 0.329. The molecule has 0 amide bonds. The number of thioether (sulfide) groups is 1. The van der Waals surface area contributed by atoms with Gasteiger partial charge in [-0.3, -0.25) is 0 Å². The summed E-state index contributed by atoms with van der Waals surface area (Å²) in [5.74, 6) is 0. The molecule has 2 aromatic carbocycles. The third-order valence-corrected chi connectivity index (χ3v) is 7.15. The first kappa shape index (κ1) is 18.9. The van der Waals surface area contributed by atoms with Crippen molar-refractivity contribution in [3.05, 3.63) is 54.1 Å². The van der Waals surface area contributed by atoms with Crippen molar-refractivity contribution >= 4 is 45.3 Å². The minimum absolute atomic E-state index is 0.654. The predicted octanol–water partition coefficient (Wildman–Crippen LogP) is 6.91. The SMILES string of the molecule is C=CC[N+]1(CCC)CCCC(Sc2ccc3c(c2)oc2cc(Cl)ccc23)C1. The smallest absolute Gasteiger partial charge is 0.136 e. The van der Waals surface area contributed by atoms with Gasteiger partial charge in [-0.25, -0.2) is 0 Å². The van der Waals surface area contributed by atoms with Gasteiger partial charge in [-0.1, -0.05) is 25.1 Å². The second-order valence-electron chi connectivity index (χ2n) is 7.73. The molecule has 0 spiro atoms. The maximum atomic E-state index is 6.11. The Morgan fingerprint density at radius 3 is 2.78 bits per heavy atom. The van der Waals surface area contributed by atoms with Gasteiger partial charge in [0, 0.05) is 26.8 Å². The van der Waals surface area contributed by atoms with Crippen molar-refractivity contribution in [3.8, 4) is 0 Å². The average molecular weight is 401 g/mol. The van der Waals surface area contributed by atoms with E-state index >= 15 is 0 Å². The van der Waals surface area contributed by atoms with E-state index in [2.05, 4.69) is 37.8 Å². The van der Waals surface area contributed by atoms with Crippen molar-refractivity contribution in [2.24, 2.45) is 0 Å². The van der Waals surface area contributed by atoms with E-state index < -0.39 is 0 Å². The molecule has 142 valence electrons. The fourth-order valence-electron chi connectivity index (χ4n) is 4.57. The van der Waals surface area contributed by atoms with Gasteiger partial charge in [-0.2, -0.15) is 0 Å². The number of piperidine rings is 1. The van der Waals surface area contributed by atoms with Crippen LogP contribution in [-0.2, 0) is 0 Å². The lowest BCUT2D eigenvalue weighted by Gasteiger charge is -2.43. The highest BCUT2D eigenvalue weighted by atomic mass is 35.5. The normalized spacial score (nSPS) is 23.1. The van der Waals surface area contributed by atoms with Crippen LogP contribution in [0.2, 0.25) is 5.02 Å². The first-order valence-corrected chi connectivity index (χ1v) is 11.1. The Labute approximate surface area is 170 Å². The molecule has 27 heavy (non-hydrogen) atoms. The number of quaternary nitrogens is 1. The summed E-state index contributed by atoms with van der Waals surface area (Å²) in [5.41, 5.74) is 1.82. The van der Waals surface area contributed by atoms with Crippen LogP contribution >= 0.6 is 23.4 Å². The van der Waals surface area contributed by atoms with Crippen LogP contribution in [0.15, 0.2) is 58.4 Å². The summed E-state index contributed by atoms with van der Waals surface area (Å²) in [4.78, 5) is 1.30. The Balaban J connectivity index is 1.57. The van der Waals surface area contributed by atoms with Gasteiger partial charge in [0.1, 0.15) is 11.2 Å². The molecule has 4 heteroatoms. The summed E-state index contributed by atoms with van der Waals surface area (Å²) >= 11 is 8.12. The van der Waals surface area contributed by atoms with E-state index in [4.69, 9.17) is 16.0 Å². The highest BCUT2D eigenvalue weighted by Crippen LogP contribution is 2.37. The second-order valence-corrected chi connectivity index (χ2v) is 9.54. The topological polar surface area (TPSA) is 13.1 Å². The van der Waals surface area contributed by atoms with E-state index in [1.165, 1.54) is 48.3 Å². The van der Waals surface area contributed by atoms with Crippen LogP contribution in [0.25, 0.3) is 21.9 Å². The Bertz CT molecular complexity index is 962. The second kappa shape index (κ2) is 7.90. The Morgan fingerprint density at radius 1 is 1.22 bits per heavy atom. The lowest BCUT2D eigenvalue weighted by molar-refractivity contribution is -0.926. The summed E-state index contributed by atoms with van der Waals surface area (Å²) < 4.78 is 7.26.